The highest BCUT2D eigenvalue weighted by atomic mass is 32.3. The summed E-state index contributed by atoms with van der Waals surface area (Å²) in [7, 11) is -8.64. The molecule has 0 unspecified atom stereocenters. The number of sulfone groups is 2. The zero-order chi connectivity index (χ0) is 20.6. The summed E-state index contributed by atoms with van der Waals surface area (Å²) < 4.78 is 60.9. The Morgan fingerprint density at radius 1 is 1.00 bits per heavy atom. The average molecular weight is 427 g/mol. The summed E-state index contributed by atoms with van der Waals surface area (Å²) >= 11 is 0. The van der Waals surface area contributed by atoms with Crippen molar-refractivity contribution >= 4 is 30.1 Å². The van der Waals surface area contributed by atoms with Gasteiger partial charge >= 0.3 is 4.38 Å². The standard InChI is InChI=1S/C19H23FN2O4S2/c20-18-12-10-17(11-13-18)9-5-15-28(25,26)19(22-21)27(23,24)14-4-8-16-6-2-1-3-7-16/h4-5,8-13,16H,1-3,6-7,14-15H2. The molecule has 1 aliphatic carbocycles. The molecule has 1 aliphatic rings. The molecule has 0 bridgehead atoms. The highest BCUT2D eigenvalue weighted by Gasteiger charge is 2.39. The van der Waals surface area contributed by atoms with Crippen molar-refractivity contribution in [1.82, 2.24) is 0 Å². The second-order valence-electron chi connectivity index (χ2n) is 6.71. The molecule has 0 spiro atoms. The summed E-state index contributed by atoms with van der Waals surface area (Å²) in [5.41, 5.74) is 9.59. The zero-order valence-corrected chi connectivity index (χ0v) is 17.0. The topological polar surface area (TPSA) is 105 Å². The monoisotopic (exact) mass is 426 g/mol. The molecule has 0 N–H and O–H groups in total. The van der Waals surface area contributed by atoms with Gasteiger partial charge in [0.1, 0.15) is 5.82 Å². The largest absolute Gasteiger partial charge is 0.495 e. The summed E-state index contributed by atoms with van der Waals surface area (Å²) in [5.74, 6) is -1.32. The minimum atomic E-state index is -4.35. The van der Waals surface area contributed by atoms with Crippen LogP contribution in [0.1, 0.15) is 37.7 Å². The SMILES string of the molecule is [N-]=[N+]=C(S(=O)(=O)CC=Cc1ccc(F)cc1)S(=O)(=O)CC=CC1CCCCC1. The van der Waals surface area contributed by atoms with Gasteiger partial charge in [-0.05, 0) is 36.5 Å². The lowest BCUT2D eigenvalue weighted by Gasteiger charge is -2.17. The Morgan fingerprint density at radius 3 is 2.14 bits per heavy atom. The minimum absolute atomic E-state index is 0.300. The van der Waals surface area contributed by atoms with E-state index in [0.717, 1.165) is 25.7 Å². The second kappa shape index (κ2) is 9.91. The first kappa shape index (κ1) is 22.2. The molecule has 1 fully saturated rings. The van der Waals surface area contributed by atoms with E-state index in [1.165, 1.54) is 48.9 Å². The molecule has 0 radical (unpaired) electrons. The first-order valence-electron chi connectivity index (χ1n) is 9.01. The molecule has 1 aromatic rings. The Morgan fingerprint density at radius 2 is 1.57 bits per heavy atom. The maximum Gasteiger partial charge on any atom is 0.495 e. The minimum Gasteiger partial charge on any atom is -0.359 e. The van der Waals surface area contributed by atoms with Crippen molar-refractivity contribution in [2.45, 2.75) is 32.1 Å². The van der Waals surface area contributed by atoms with E-state index in [2.05, 4.69) is 4.79 Å². The van der Waals surface area contributed by atoms with E-state index < -0.39 is 41.4 Å². The fourth-order valence-electron chi connectivity index (χ4n) is 3.05. The van der Waals surface area contributed by atoms with Crippen LogP contribution >= 0.6 is 0 Å². The van der Waals surface area contributed by atoms with Crippen LogP contribution in [0, 0.1) is 11.7 Å². The molecule has 0 heterocycles. The Balaban J connectivity index is 2.05. The molecule has 0 aromatic heterocycles. The van der Waals surface area contributed by atoms with Crippen molar-refractivity contribution in [1.29, 1.82) is 0 Å². The lowest BCUT2D eigenvalue weighted by molar-refractivity contribution is 0.00385. The van der Waals surface area contributed by atoms with Gasteiger partial charge in [-0.25, -0.2) is 21.2 Å². The van der Waals surface area contributed by atoms with E-state index in [-0.39, 0.29) is 0 Å². The maximum absolute atomic E-state index is 12.9. The van der Waals surface area contributed by atoms with Gasteiger partial charge in [-0.15, -0.1) is 4.79 Å². The molecule has 152 valence electrons. The first-order valence-corrected chi connectivity index (χ1v) is 12.3. The molecule has 0 atom stereocenters. The predicted octanol–water partition coefficient (Wildman–Crippen LogP) is 3.39. The van der Waals surface area contributed by atoms with Crippen molar-refractivity contribution < 1.29 is 26.0 Å². The van der Waals surface area contributed by atoms with Gasteiger partial charge in [-0.3, -0.25) is 0 Å². The van der Waals surface area contributed by atoms with Gasteiger partial charge in [-0.2, -0.15) is 0 Å². The van der Waals surface area contributed by atoms with Crippen LogP contribution in [0.25, 0.3) is 11.6 Å². The van der Waals surface area contributed by atoms with Gasteiger partial charge in [0.25, 0.3) is 19.7 Å². The molecule has 1 aromatic carbocycles. The van der Waals surface area contributed by atoms with Crippen LogP contribution < -0.4 is 0 Å². The van der Waals surface area contributed by atoms with E-state index >= 15 is 0 Å². The van der Waals surface area contributed by atoms with Crippen LogP contribution in [0.3, 0.4) is 0 Å². The predicted molar refractivity (Wildman–Crippen MR) is 107 cm³/mol. The van der Waals surface area contributed by atoms with Gasteiger partial charge in [0.15, 0.2) is 0 Å². The van der Waals surface area contributed by atoms with E-state index in [1.54, 1.807) is 6.08 Å². The normalized spacial score (nSPS) is 16.5. The van der Waals surface area contributed by atoms with Gasteiger partial charge in [-0.1, -0.05) is 55.7 Å². The maximum atomic E-state index is 12.9. The smallest absolute Gasteiger partial charge is 0.359 e. The Bertz CT molecular complexity index is 985. The fourth-order valence-corrected chi connectivity index (χ4v) is 6.25. The molecule has 1 saturated carbocycles. The van der Waals surface area contributed by atoms with Crippen LogP contribution in [-0.2, 0) is 19.7 Å². The number of hydrogen-bond donors (Lipinski definition) is 0. The van der Waals surface area contributed by atoms with E-state index in [1.807, 2.05) is 0 Å². The average Bonchev–Trinajstić information content (AvgIpc) is 2.64. The highest BCUT2D eigenvalue weighted by Crippen LogP contribution is 2.24. The summed E-state index contributed by atoms with van der Waals surface area (Å²) in [6.45, 7) is 0. The third-order valence-electron chi connectivity index (χ3n) is 4.48. The van der Waals surface area contributed by atoms with Gasteiger partial charge in [0, 0.05) is 0 Å². The molecule has 9 heteroatoms. The molecular formula is C19H23FN2O4S2. The summed E-state index contributed by atoms with van der Waals surface area (Å²) in [6, 6.07) is 5.34. The Kier molecular flexibility index (Phi) is 7.86. The van der Waals surface area contributed by atoms with Crippen molar-refractivity contribution in [3.05, 3.63) is 59.4 Å². The molecule has 0 saturated heterocycles. The van der Waals surface area contributed by atoms with Crippen molar-refractivity contribution in [2.75, 3.05) is 11.5 Å². The Labute approximate surface area is 165 Å². The third-order valence-corrected chi connectivity index (χ3v) is 8.50. The number of benzene rings is 1. The van der Waals surface area contributed by atoms with Crippen molar-refractivity contribution in [3.8, 4) is 0 Å². The number of rotatable bonds is 6. The van der Waals surface area contributed by atoms with Crippen LogP contribution in [0.15, 0.2) is 42.5 Å². The van der Waals surface area contributed by atoms with Gasteiger partial charge in [0.2, 0.25) is 0 Å². The molecule has 0 amide bonds. The highest BCUT2D eigenvalue weighted by molar-refractivity contribution is 8.31. The fraction of sp³-hybridized carbons (Fsp3) is 0.421. The van der Waals surface area contributed by atoms with Gasteiger partial charge < -0.3 is 5.53 Å². The molecular weight excluding hydrogens is 403 g/mol. The molecule has 6 nitrogen and oxygen atoms in total. The van der Waals surface area contributed by atoms with Gasteiger partial charge in [0.05, 0.1) is 11.5 Å². The second-order valence-corrected chi connectivity index (χ2v) is 10.9. The zero-order valence-electron chi connectivity index (χ0n) is 15.4. The summed E-state index contributed by atoms with van der Waals surface area (Å²) in [4.78, 5) is 2.56. The molecule has 28 heavy (non-hydrogen) atoms. The van der Waals surface area contributed by atoms with E-state index in [0.29, 0.717) is 11.5 Å². The number of allylic oxidation sites excluding steroid dienone is 1. The Hall–Kier alpha value is -2.09. The van der Waals surface area contributed by atoms with Crippen LogP contribution in [0.5, 0.6) is 0 Å². The number of nitrogens with zero attached hydrogens (tertiary/aromatic N) is 2. The lowest BCUT2D eigenvalue weighted by atomic mass is 9.89. The summed E-state index contributed by atoms with van der Waals surface area (Å²) in [5, 5.41) is 0. The first-order chi connectivity index (χ1) is 13.2. The molecule has 0 aliphatic heterocycles. The third kappa shape index (κ3) is 6.51. The lowest BCUT2D eigenvalue weighted by Crippen LogP contribution is -2.29. The van der Waals surface area contributed by atoms with Crippen molar-refractivity contribution in [3.63, 3.8) is 0 Å². The molecule has 2 rings (SSSR count). The van der Waals surface area contributed by atoms with E-state index in [4.69, 9.17) is 5.53 Å². The van der Waals surface area contributed by atoms with Crippen LogP contribution in [0.2, 0.25) is 0 Å². The summed E-state index contributed by atoms with van der Waals surface area (Å²) in [6.07, 6.45) is 11.2. The quantitative estimate of drug-likeness (QED) is 0.229. The van der Waals surface area contributed by atoms with Crippen molar-refractivity contribution in [2.24, 2.45) is 5.92 Å². The van der Waals surface area contributed by atoms with Crippen LogP contribution in [0.4, 0.5) is 4.39 Å². The van der Waals surface area contributed by atoms with E-state index in [9.17, 15) is 21.2 Å². The number of halogens is 1. The number of hydrogen-bond acceptors (Lipinski definition) is 4. The van der Waals surface area contributed by atoms with Crippen LogP contribution in [-0.4, -0.2) is 37.5 Å².